The van der Waals surface area contributed by atoms with Gasteiger partial charge in [0.25, 0.3) is 0 Å². The highest BCUT2D eigenvalue weighted by Gasteiger charge is 2.14. The largest absolute Gasteiger partial charge is 0.384 e. The molecule has 0 aliphatic carbocycles. The molecule has 19 heavy (non-hydrogen) atoms. The third-order valence-corrected chi connectivity index (χ3v) is 3.65. The lowest BCUT2D eigenvalue weighted by Crippen LogP contribution is -2.04. The molecule has 0 aliphatic rings. The molecule has 1 unspecified atom stereocenters. The molecule has 1 N–H and O–H groups in total. The van der Waals surface area contributed by atoms with Crippen LogP contribution in [0.2, 0.25) is 0 Å². The van der Waals surface area contributed by atoms with Gasteiger partial charge in [0, 0.05) is 0 Å². The quantitative estimate of drug-likeness (QED) is 0.860. The summed E-state index contributed by atoms with van der Waals surface area (Å²) in [6.45, 7) is 6.29. The smallest absolute Gasteiger partial charge is 0.105 e. The van der Waals surface area contributed by atoms with Gasteiger partial charge in [0.15, 0.2) is 0 Å². The van der Waals surface area contributed by atoms with Gasteiger partial charge in [-0.25, -0.2) is 0 Å². The van der Waals surface area contributed by atoms with E-state index < -0.39 is 6.10 Å². The van der Waals surface area contributed by atoms with Crippen molar-refractivity contribution in [2.75, 3.05) is 0 Å². The van der Waals surface area contributed by atoms with Gasteiger partial charge < -0.3 is 5.11 Å². The van der Waals surface area contributed by atoms with E-state index in [1.54, 1.807) is 0 Å². The topological polar surface area (TPSA) is 20.2 Å². The first kappa shape index (κ1) is 13.8. The summed E-state index contributed by atoms with van der Waals surface area (Å²) in [5, 5.41) is 10.6. The Bertz CT molecular complexity index is 520. The summed E-state index contributed by atoms with van der Waals surface area (Å²) in [6.07, 6.45) is 1.72. The second kappa shape index (κ2) is 6.03. The summed E-state index contributed by atoms with van der Waals surface area (Å²) in [6, 6.07) is 14.5. The lowest BCUT2D eigenvalue weighted by molar-refractivity contribution is 0.219. The van der Waals surface area contributed by atoms with Crippen LogP contribution in [-0.4, -0.2) is 5.11 Å². The monoisotopic (exact) mass is 254 g/mol. The fourth-order valence-electron chi connectivity index (χ4n) is 2.58. The van der Waals surface area contributed by atoms with Crippen LogP contribution < -0.4 is 0 Å². The molecule has 100 valence electrons. The van der Waals surface area contributed by atoms with Gasteiger partial charge in [0.2, 0.25) is 0 Å². The molecule has 0 saturated carbocycles. The third kappa shape index (κ3) is 3.05. The summed E-state index contributed by atoms with van der Waals surface area (Å²) >= 11 is 0. The Morgan fingerprint density at radius 1 is 0.947 bits per heavy atom. The Balaban J connectivity index is 2.31. The fourth-order valence-corrected chi connectivity index (χ4v) is 2.58. The van der Waals surface area contributed by atoms with Crippen molar-refractivity contribution in [2.45, 2.75) is 39.7 Å². The van der Waals surface area contributed by atoms with E-state index in [-0.39, 0.29) is 0 Å². The minimum atomic E-state index is -0.531. The Kier molecular flexibility index (Phi) is 4.39. The van der Waals surface area contributed by atoms with Crippen LogP contribution in [0.3, 0.4) is 0 Å². The molecule has 0 saturated heterocycles. The zero-order chi connectivity index (χ0) is 13.8. The molecule has 2 rings (SSSR count). The zero-order valence-corrected chi connectivity index (χ0v) is 12.0. The second-order valence-corrected chi connectivity index (χ2v) is 5.20. The molecule has 1 atom stereocenters. The number of aliphatic hydroxyl groups is 1. The van der Waals surface area contributed by atoms with E-state index in [4.69, 9.17) is 0 Å². The molecule has 0 radical (unpaired) electrons. The van der Waals surface area contributed by atoms with E-state index in [1.165, 1.54) is 5.56 Å². The van der Waals surface area contributed by atoms with Crippen molar-refractivity contribution in [3.05, 3.63) is 70.3 Å². The van der Waals surface area contributed by atoms with Crippen LogP contribution in [0.15, 0.2) is 42.5 Å². The number of aryl methyl sites for hydroxylation is 3. The fraction of sp³-hybridized carbons (Fsp3) is 0.333. The molecule has 1 heteroatoms. The lowest BCUT2D eigenvalue weighted by atomic mass is 9.93. The van der Waals surface area contributed by atoms with Gasteiger partial charge in [0.05, 0.1) is 0 Å². The summed E-state index contributed by atoms with van der Waals surface area (Å²) in [4.78, 5) is 0. The number of rotatable bonds is 4. The number of hydrogen-bond donors (Lipinski definition) is 1. The highest BCUT2D eigenvalue weighted by Crippen LogP contribution is 2.27. The molecule has 2 aromatic carbocycles. The van der Waals surface area contributed by atoms with E-state index in [9.17, 15) is 5.11 Å². The van der Waals surface area contributed by atoms with Crippen LogP contribution in [0.1, 0.15) is 47.3 Å². The van der Waals surface area contributed by atoms with E-state index in [0.717, 1.165) is 35.1 Å². The van der Waals surface area contributed by atoms with Crippen molar-refractivity contribution < 1.29 is 5.11 Å². The van der Waals surface area contributed by atoms with E-state index in [1.807, 2.05) is 18.2 Å². The average molecular weight is 254 g/mol. The van der Waals surface area contributed by atoms with E-state index in [2.05, 4.69) is 45.0 Å². The summed E-state index contributed by atoms with van der Waals surface area (Å²) in [5.41, 5.74) is 5.62. The minimum Gasteiger partial charge on any atom is -0.384 e. The maximum absolute atomic E-state index is 10.6. The van der Waals surface area contributed by atoms with Crippen molar-refractivity contribution in [2.24, 2.45) is 0 Å². The van der Waals surface area contributed by atoms with Crippen molar-refractivity contribution in [3.63, 3.8) is 0 Å². The van der Waals surface area contributed by atoms with Crippen molar-refractivity contribution in [3.8, 4) is 0 Å². The summed E-state index contributed by atoms with van der Waals surface area (Å²) in [5.74, 6) is 0. The SMILES string of the molecule is CCCc1ccc(C(O)c2c(C)cccc2C)cc1. The molecule has 0 fully saturated rings. The maximum atomic E-state index is 10.6. The molecule has 0 spiro atoms. The Morgan fingerprint density at radius 2 is 1.53 bits per heavy atom. The molecule has 0 bridgehead atoms. The minimum absolute atomic E-state index is 0.531. The summed E-state index contributed by atoms with van der Waals surface area (Å²) in [7, 11) is 0. The third-order valence-electron chi connectivity index (χ3n) is 3.65. The van der Waals surface area contributed by atoms with Crippen LogP contribution in [0.5, 0.6) is 0 Å². The standard InChI is InChI=1S/C18H22O/c1-4-6-15-9-11-16(12-10-15)18(19)17-13(2)7-5-8-14(17)3/h5,7-12,18-19H,4,6H2,1-3H3. The van der Waals surface area contributed by atoms with Crippen molar-refractivity contribution >= 4 is 0 Å². The van der Waals surface area contributed by atoms with Crippen LogP contribution in [0, 0.1) is 13.8 Å². The normalized spacial score (nSPS) is 12.4. The molecule has 0 aromatic heterocycles. The average Bonchev–Trinajstić information content (AvgIpc) is 2.39. The molecule has 1 nitrogen and oxygen atoms in total. The van der Waals surface area contributed by atoms with Crippen molar-refractivity contribution in [1.82, 2.24) is 0 Å². The van der Waals surface area contributed by atoms with E-state index in [0.29, 0.717) is 0 Å². The molecule has 0 heterocycles. The highest BCUT2D eigenvalue weighted by atomic mass is 16.3. The molecule has 0 aliphatic heterocycles. The Hall–Kier alpha value is -1.60. The van der Waals surface area contributed by atoms with Crippen molar-refractivity contribution in [1.29, 1.82) is 0 Å². The molecule has 2 aromatic rings. The van der Waals surface area contributed by atoms with E-state index >= 15 is 0 Å². The first-order valence-electron chi connectivity index (χ1n) is 6.96. The van der Waals surface area contributed by atoms with Gasteiger partial charge in [-0.05, 0) is 48.1 Å². The highest BCUT2D eigenvalue weighted by molar-refractivity contribution is 5.41. The Labute approximate surface area is 115 Å². The van der Waals surface area contributed by atoms with Crippen LogP contribution in [0.4, 0.5) is 0 Å². The van der Waals surface area contributed by atoms with Gasteiger partial charge >= 0.3 is 0 Å². The van der Waals surface area contributed by atoms with Gasteiger partial charge in [-0.2, -0.15) is 0 Å². The molecule has 0 amide bonds. The van der Waals surface area contributed by atoms with Gasteiger partial charge in [-0.1, -0.05) is 55.8 Å². The van der Waals surface area contributed by atoms with Crippen LogP contribution in [-0.2, 0) is 6.42 Å². The van der Waals surface area contributed by atoms with Crippen LogP contribution in [0.25, 0.3) is 0 Å². The predicted octanol–water partition coefficient (Wildman–Crippen LogP) is 4.34. The van der Waals surface area contributed by atoms with Gasteiger partial charge in [-0.3, -0.25) is 0 Å². The Morgan fingerprint density at radius 3 is 2.05 bits per heavy atom. The number of aliphatic hydroxyl groups excluding tert-OH is 1. The molecular formula is C18H22O. The first-order valence-corrected chi connectivity index (χ1v) is 6.96. The zero-order valence-electron chi connectivity index (χ0n) is 12.0. The first-order chi connectivity index (χ1) is 9.13. The number of benzene rings is 2. The lowest BCUT2D eigenvalue weighted by Gasteiger charge is -2.17. The maximum Gasteiger partial charge on any atom is 0.105 e. The number of hydrogen-bond acceptors (Lipinski definition) is 1. The summed E-state index contributed by atoms with van der Waals surface area (Å²) < 4.78 is 0. The van der Waals surface area contributed by atoms with Gasteiger partial charge in [-0.15, -0.1) is 0 Å². The van der Waals surface area contributed by atoms with Gasteiger partial charge in [0.1, 0.15) is 6.10 Å². The second-order valence-electron chi connectivity index (χ2n) is 5.20. The van der Waals surface area contributed by atoms with Crippen LogP contribution >= 0.6 is 0 Å². The predicted molar refractivity (Wildman–Crippen MR) is 80.4 cm³/mol. The molecular weight excluding hydrogens is 232 g/mol.